The van der Waals surface area contributed by atoms with Gasteiger partial charge in [-0.15, -0.1) is 0 Å². The molecule has 2 heterocycles. The number of rotatable bonds is 8. The zero-order valence-electron chi connectivity index (χ0n) is 23.4. The molecule has 1 spiro atoms. The largest absolute Gasteiger partial charge is 0.341 e. The lowest BCUT2D eigenvalue weighted by atomic mass is 9.80. The summed E-state index contributed by atoms with van der Waals surface area (Å²) in [6.45, 7) is 7.45. The van der Waals surface area contributed by atoms with Gasteiger partial charge in [-0.3, -0.25) is 19.2 Å². The first-order valence-electron chi connectivity index (χ1n) is 13.6. The molecule has 4 rings (SSSR count). The number of carbonyl (C=O) groups excluding carboxylic acids is 4. The summed E-state index contributed by atoms with van der Waals surface area (Å²) in [5, 5.41) is 16.1. The van der Waals surface area contributed by atoms with Crippen LogP contribution in [-0.2, 0) is 19.8 Å². The molecule has 0 bridgehead atoms. The van der Waals surface area contributed by atoms with Gasteiger partial charge in [-0.05, 0) is 56.0 Å². The van der Waals surface area contributed by atoms with Crippen molar-refractivity contribution in [2.45, 2.75) is 64.1 Å². The van der Waals surface area contributed by atoms with Crippen molar-refractivity contribution in [3.63, 3.8) is 0 Å². The van der Waals surface area contributed by atoms with Crippen LogP contribution in [0.3, 0.4) is 0 Å². The monoisotopic (exact) mass is 597 g/mol. The van der Waals surface area contributed by atoms with Crippen molar-refractivity contribution in [1.82, 2.24) is 15.1 Å². The van der Waals surface area contributed by atoms with Crippen molar-refractivity contribution in [3.05, 3.63) is 63.6 Å². The number of likely N-dealkylation sites (tertiary alicyclic amines) is 1. The number of likely N-dealkylation sites (N-methyl/N-ethyl adjacent to an activating group) is 1. The number of fused-ring (bicyclic) bond motifs is 2. The summed E-state index contributed by atoms with van der Waals surface area (Å²) in [6.07, 6.45) is 0.513. The zero-order chi connectivity index (χ0) is 30.1. The minimum Gasteiger partial charge on any atom is -0.341 e. The Bertz CT molecular complexity index is 1420. The van der Waals surface area contributed by atoms with Crippen LogP contribution in [0.5, 0.6) is 0 Å². The van der Waals surface area contributed by atoms with Crippen LogP contribution in [0.15, 0.2) is 42.5 Å². The lowest BCUT2D eigenvalue weighted by Gasteiger charge is -2.36. The molecular weight excluding hydrogens is 565 g/mol. The van der Waals surface area contributed by atoms with Crippen molar-refractivity contribution < 1.29 is 19.2 Å². The highest BCUT2D eigenvalue weighted by Gasteiger charge is 2.56. The molecule has 216 valence electrons. The van der Waals surface area contributed by atoms with Gasteiger partial charge in [0.15, 0.2) is 0 Å². The maximum Gasteiger partial charge on any atom is 0.251 e. The molecule has 2 N–H and O–H groups in total. The fourth-order valence-electron chi connectivity index (χ4n) is 5.74. The van der Waals surface area contributed by atoms with Crippen molar-refractivity contribution in [2.24, 2.45) is 5.92 Å². The molecule has 2 aromatic rings. The highest BCUT2D eigenvalue weighted by atomic mass is 35.5. The number of hydrogen-bond donors (Lipinski definition) is 2. The molecule has 1 fully saturated rings. The first-order chi connectivity index (χ1) is 19.4. The number of amides is 4. The Morgan fingerprint density at radius 3 is 2.51 bits per heavy atom. The Labute approximate surface area is 249 Å². The maximum atomic E-state index is 14.2. The Morgan fingerprint density at radius 1 is 1.17 bits per heavy atom. The molecule has 9 nitrogen and oxygen atoms in total. The molecule has 0 aliphatic carbocycles. The molecule has 0 unspecified atom stereocenters. The maximum absolute atomic E-state index is 14.2. The predicted molar refractivity (Wildman–Crippen MR) is 157 cm³/mol. The smallest absolute Gasteiger partial charge is 0.251 e. The molecule has 11 heteroatoms. The summed E-state index contributed by atoms with van der Waals surface area (Å²) in [6, 6.07) is 11.3. The summed E-state index contributed by atoms with van der Waals surface area (Å²) in [4.78, 5) is 56.8. The molecule has 0 aromatic heterocycles. The van der Waals surface area contributed by atoms with Crippen LogP contribution in [0.4, 0.5) is 5.69 Å². The third-order valence-corrected chi connectivity index (χ3v) is 8.53. The summed E-state index contributed by atoms with van der Waals surface area (Å²) in [5.41, 5.74) is 0.658. The van der Waals surface area contributed by atoms with E-state index in [4.69, 9.17) is 23.2 Å². The van der Waals surface area contributed by atoms with E-state index in [1.807, 2.05) is 32.0 Å². The van der Waals surface area contributed by atoms with E-state index >= 15 is 0 Å². The third kappa shape index (κ3) is 5.77. The standard InChI is InChI=1S/C30H33Cl2N5O4/c1-5-36(27(39)18(4)34-26(38)19-10-11-22(31)23(32)13-19)25(12-17(2)3)28(40)37-16-30(14-20(37)15-33)21-8-6-7-9-24(21)35-29(30)41/h6-11,13,17-18,20,25H,5,12,14,16H2,1-4H3,(H,34,38)(H,35,41)/t18-,20-,25-,30-/m0/s1. The van der Waals surface area contributed by atoms with Gasteiger partial charge in [0, 0.05) is 30.8 Å². The first kappa shape index (κ1) is 30.4. The third-order valence-electron chi connectivity index (χ3n) is 7.80. The first-order valence-corrected chi connectivity index (χ1v) is 14.4. The van der Waals surface area contributed by atoms with Crippen molar-refractivity contribution in [2.75, 3.05) is 18.4 Å². The SMILES string of the molecule is CCN(C(=O)[C@H](C)NC(=O)c1ccc(Cl)c(Cl)c1)[C@@H](CC(C)C)C(=O)N1C[C@]2(C[C@H]1C#N)C(=O)Nc1ccccc12. The number of carbonyl (C=O) groups is 4. The van der Waals surface area contributed by atoms with Crippen LogP contribution in [0.2, 0.25) is 10.0 Å². The number of para-hydroxylation sites is 1. The minimum atomic E-state index is -1.03. The van der Waals surface area contributed by atoms with Crippen molar-refractivity contribution >= 4 is 52.5 Å². The number of hydrogen-bond acceptors (Lipinski definition) is 5. The molecule has 2 aliphatic rings. The van der Waals surface area contributed by atoms with E-state index in [1.165, 1.54) is 28.0 Å². The molecule has 41 heavy (non-hydrogen) atoms. The van der Waals surface area contributed by atoms with Gasteiger partial charge in [-0.2, -0.15) is 5.26 Å². The number of benzene rings is 2. The number of nitriles is 1. The Kier molecular flexibility index (Phi) is 8.95. The lowest BCUT2D eigenvalue weighted by Crippen LogP contribution is -2.57. The number of halogens is 2. The van der Waals surface area contributed by atoms with Crippen LogP contribution in [0.25, 0.3) is 0 Å². The molecule has 4 atom stereocenters. The van der Waals surface area contributed by atoms with E-state index in [-0.39, 0.29) is 41.9 Å². The van der Waals surface area contributed by atoms with E-state index in [0.29, 0.717) is 17.1 Å². The van der Waals surface area contributed by atoms with Crippen LogP contribution >= 0.6 is 23.2 Å². The quantitative estimate of drug-likeness (QED) is 0.467. The predicted octanol–water partition coefficient (Wildman–Crippen LogP) is 4.39. The fourth-order valence-corrected chi connectivity index (χ4v) is 6.04. The average molecular weight is 599 g/mol. The molecule has 0 radical (unpaired) electrons. The average Bonchev–Trinajstić information content (AvgIpc) is 3.47. The van der Waals surface area contributed by atoms with Gasteiger partial charge in [0.1, 0.15) is 18.1 Å². The summed E-state index contributed by atoms with van der Waals surface area (Å²) in [5.74, 6) is -1.54. The second-order valence-electron chi connectivity index (χ2n) is 11.0. The van der Waals surface area contributed by atoms with Gasteiger partial charge in [-0.25, -0.2) is 0 Å². The number of nitrogens with one attached hydrogen (secondary N) is 2. The molecule has 0 saturated carbocycles. The molecule has 4 amide bonds. The van der Waals surface area contributed by atoms with Crippen LogP contribution < -0.4 is 10.6 Å². The molecule has 1 saturated heterocycles. The summed E-state index contributed by atoms with van der Waals surface area (Å²) < 4.78 is 0. The highest BCUT2D eigenvalue weighted by molar-refractivity contribution is 6.42. The van der Waals surface area contributed by atoms with E-state index in [9.17, 15) is 24.4 Å². The second kappa shape index (κ2) is 12.1. The van der Waals surface area contributed by atoms with E-state index in [1.54, 1.807) is 19.9 Å². The van der Waals surface area contributed by atoms with Gasteiger partial charge < -0.3 is 20.4 Å². The Hall–Kier alpha value is -3.61. The highest BCUT2D eigenvalue weighted by Crippen LogP contribution is 2.46. The Balaban J connectivity index is 1.58. The van der Waals surface area contributed by atoms with Gasteiger partial charge in [0.2, 0.25) is 17.7 Å². The normalized spacial score (nSPS) is 20.8. The van der Waals surface area contributed by atoms with Gasteiger partial charge in [-0.1, -0.05) is 55.2 Å². The summed E-state index contributed by atoms with van der Waals surface area (Å²) >= 11 is 12.0. The lowest BCUT2D eigenvalue weighted by molar-refractivity contribution is -0.147. The Morgan fingerprint density at radius 2 is 1.88 bits per heavy atom. The number of nitrogens with zero attached hydrogens (tertiary/aromatic N) is 3. The van der Waals surface area contributed by atoms with Gasteiger partial charge in [0.25, 0.3) is 5.91 Å². The van der Waals surface area contributed by atoms with E-state index in [2.05, 4.69) is 16.7 Å². The van der Waals surface area contributed by atoms with Gasteiger partial charge >= 0.3 is 0 Å². The second-order valence-corrected chi connectivity index (χ2v) is 11.8. The van der Waals surface area contributed by atoms with E-state index in [0.717, 1.165) is 5.56 Å². The topological polar surface area (TPSA) is 123 Å². The van der Waals surface area contributed by atoms with E-state index < -0.39 is 41.3 Å². The van der Waals surface area contributed by atoms with Crippen molar-refractivity contribution in [1.29, 1.82) is 5.26 Å². The number of anilines is 1. The summed E-state index contributed by atoms with van der Waals surface area (Å²) in [7, 11) is 0. The van der Waals surface area contributed by atoms with Crippen molar-refractivity contribution in [3.8, 4) is 6.07 Å². The fraction of sp³-hybridized carbons (Fsp3) is 0.433. The molecule has 2 aromatic carbocycles. The van der Waals surface area contributed by atoms with Crippen LogP contribution in [0.1, 0.15) is 56.5 Å². The zero-order valence-corrected chi connectivity index (χ0v) is 24.9. The van der Waals surface area contributed by atoms with Crippen LogP contribution in [-0.4, -0.2) is 64.6 Å². The molecule has 2 aliphatic heterocycles. The van der Waals surface area contributed by atoms with Crippen LogP contribution in [0, 0.1) is 17.2 Å². The molecular formula is C30H33Cl2N5O4. The minimum absolute atomic E-state index is 0.0386. The van der Waals surface area contributed by atoms with Gasteiger partial charge in [0.05, 0.1) is 21.5 Å².